The molecule has 0 saturated heterocycles. The minimum absolute atomic E-state index is 0.146. The highest BCUT2D eigenvalue weighted by Crippen LogP contribution is 2.38. The van der Waals surface area contributed by atoms with Crippen LogP contribution in [0.5, 0.6) is 11.5 Å². The fourth-order valence-electron chi connectivity index (χ4n) is 6.60. The van der Waals surface area contributed by atoms with Crippen LogP contribution in [0.2, 0.25) is 0 Å². The molecule has 0 spiro atoms. The molecule has 4 aromatic carbocycles. The average molecular weight is 728 g/mol. The maximum absolute atomic E-state index is 14.6. The van der Waals surface area contributed by atoms with Crippen molar-refractivity contribution >= 4 is 46.0 Å². The lowest BCUT2D eigenvalue weighted by Crippen LogP contribution is -2.40. The molecule has 53 heavy (non-hydrogen) atoms. The van der Waals surface area contributed by atoms with Crippen molar-refractivity contribution in [2.24, 2.45) is 4.99 Å². The van der Waals surface area contributed by atoms with E-state index in [0.717, 1.165) is 27.6 Å². The average Bonchev–Trinajstić information content (AvgIpc) is 3.69. The van der Waals surface area contributed by atoms with Gasteiger partial charge in [-0.3, -0.25) is 9.36 Å². The number of hydrogen-bond donors (Lipinski definition) is 0. The third-order valence-corrected chi connectivity index (χ3v) is 10.0. The molecule has 1 aliphatic heterocycles. The summed E-state index contributed by atoms with van der Waals surface area (Å²) in [5.74, 6) is 0.0484. The van der Waals surface area contributed by atoms with Gasteiger partial charge in [0.25, 0.3) is 5.56 Å². The number of esters is 2. The summed E-state index contributed by atoms with van der Waals surface area (Å²) in [6.07, 6.45) is 3.90. The van der Waals surface area contributed by atoms with Crippen molar-refractivity contribution in [2.75, 3.05) is 27.4 Å². The molecule has 3 heterocycles. The Morgan fingerprint density at radius 2 is 1.53 bits per heavy atom. The van der Waals surface area contributed by atoms with Crippen molar-refractivity contribution < 1.29 is 28.5 Å². The lowest BCUT2D eigenvalue weighted by molar-refractivity contribution is -0.138. The van der Waals surface area contributed by atoms with Gasteiger partial charge in [0, 0.05) is 34.8 Å². The Morgan fingerprint density at radius 1 is 0.830 bits per heavy atom. The first-order valence-corrected chi connectivity index (χ1v) is 18.0. The van der Waals surface area contributed by atoms with Gasteiger partial charge in [-0.05, 0) is 61.4 Å². The molecule has 10 nitrogen and oxygen atoms in total. The van der Waals surface area contributed by atoms with E-state index in [0.29, 0.717) is 50.8 Å². The highest BCUT2D eigenvalue weighted by molar-refractivity contribution is 7.07. The van der Waals surface area contributed by atoms with Crippen LogP contribution < -0.4 is 24.4 Å². The van der Waals surface area contributed by atoms with Crippen molar-refractivity contribution in [1.82, 2.24) is 9.13 Å². The van der Waals surface area contributed by atoms with E-state index in [1.54, 1.807) is 56.9 Å². The summed E-state index contributed by atoms with van der Waals surface area (Å²) in [4.78, 5) is 46.1. The number of methoxy groups -OCH3 is 2. The molecule has 268 valence electrons. The van der Waals surface area contributed by atoms with E-state index in [-0.39, 0.29) is 23.7 Å². The van der Waals surface area contributed by atoms with E-state index in [4.69, 9.17) is 23.9 Å². The van der Waals surface area contributed by atoms with Gasteiger partial charge in [0.2, 0.25) is 0 Å². The van der Waals surface area contributed by atoms with Gasteiger partial charge in [0.15, 0.2) is 16.3 Å². The van der Waals surface area contributed by atoms with Gasteiger partial charge in [-0.25, -0.2) is 14.6 Å². The summed E-state index contributed by atoms with van der Waals surface area (Å²) in [7, 11) is 3.09. The standard InChI is InChI=1S/C42H37N3O7S/c1-5-51-40(47)28-18-16-26(17-19-28)24-44-25-30(31-14-10-11-15-32(31)44)23-35-39(46)45-38(29-20-21-33(49-3)34(22-29)50-4)36(41(48)52-6-2)37(43-42(45)53-35)27-12-8-7-9-13-27/h7-23,25,38H,5-6,24H2,1-4H3/b35-23-/t38-/m0/s1. The van der Waals surface area contributed by atoms with Gasteiger partial charge in [0.1, 0.15) is 0 Å². The number of carbonyl (C=O) groups excluding carboxylic acids is 2. The van der Waals surface area contributed by atoms with Crippen LogP contribution in [0.25, 0.3) is 22.7 Å². The Hall–Kier alpha value is -6.20. The number of ether oxygens (including phenoxy) is 4. The second kappa shape index (κ2) is 15.2. The normalized spacial score (nSPS) is 14.1. The van der Waals surface area contributed by atoms with Crippen molar-refractivity contribution in [2.45, 2.75) is 26.4 Å². The van der Waals surface area contributed by atoms with Crippen LogP contribution >= 0.6 is 11.3 Å². The van der Waals surface area contributed by atoms with Gasteiger partial charge in [-0.2, -0.15) is 0 Å². The molecule has 0 aliphatic carbocycles. The number of aromatic nitrogens is 2. The molecule has 0 bridgehead atoms. The molecule has 0 saturated carbocycles. The van der Waals surface area contributed by atoms with E-state index in [1.807, 2.05) is 85.1 Å². The number of rotatable bonds is 11. The topological polar surface area (TPSA) is 110 Å². The van der Waals surface area contributed by atoms with E-state index in [9.17, 15) is 14.4 Å². The molecule has 1 aliphatic rings. The minimum atomic E-state index is -0.874. The van der Waals surface area contributed by atoms with Crippen molar-refractivity contribution in [3.05, 3.63) is 156 Å². The zero-order valence-electron chi connectivity index (χ0n) is 29.7. The van der Waals surface area contributed by atoms with Crippen molar-refractivity contribution in [1.29, 1.82) is 0 Å². The smallest absolute Gasteiger partial charge is 0.338 e. The molecule has 7 rings (SSSR count). The number of thiazole rings is 1. The predicted molar refractivity (Wildman–Crippen MR) is 204 cm³/mol. The zero-order chi connectivity index (χ0) is 37.1. The number of benzene rings is 4. The number of hydrogen-bond acceptors (Lipinski definition) is 9. The Balaban J connectivity index is 1.39. The van der Waals surface area contributed by atoms with E-state index >= 15 is 0 Å². The Bertz CT molecular complexity index is 2550. The lowest BCUT2D eigenvalue weighted by atomic mass is 9.93. The van der Waals surface area contributed by atoms with E-state index < -0.39 is 12.0 Å². The van der Waals surface area contributed by atoms with Crippen LogP contribution in [0.1, 0.15) is 52.5 Å². The molecule has 0 fully saturated rings. The quantitative estimate of drug-likeness (QED) is 0.148. The number of para-hydroxylation sites is 1. The fraction of sp³-hybridized carbons (Fsp3) is 0.190. The lowest BCUT2D eigenvalue weighted by Gasteiger charge is -2.26. The molecule has 0 N–H and O–H groups in total. The third-order valence-electron chi connectivity index (χ3n) is 9.02. The summed E-state index contributed by atoms with van der Waals surface area (Å²) >= 11 is 1.26. The molecule has 0 amide bonds. The molecule has 0 radical (unpaired) electrons. The highest BCUT2D eigenvalue weighted by Gasteiger charge is 2.35. The van der Waals surface area contributed by atoms with Gasteiger partial charge >= 0.3 is 11.9 Å². The van der Waals surface area contributed by atoms with Crippen molar-refractivity contribution in [3.8, 4) is 11.5 Å². The SMILES string of the molecule is CCOC(=O)C1=C(c2ccccc2)N=c2s/c(=C\c3cn(Cc4ccc(C(=O)OCC)cc4)c4ccccc34)c(=O)n2[C@H]1c1ccc(OC)c(OC)c1. The van der Waals surface area contributed by atoms with Crippen LogP contribution in [0.4, 0.5) is 0 Å². The molecule has 2 aromatic heterocycles. The van der Waals surface area contributed by atoms with E-state index in [2.05, 4.69) is 4.57 Å². The van der Waals surface area contributed by atoms with Crippen molar-refractivity contribution in [3.63, 3.8) is 0 Å². The molecule has 6 aromatic rings. The minimum Gasteiger partial charge on any atom is -0.493 e. The summed E-state index contributed by atoms with van der Waals surface area (Å²) in [6.45, 7) is 4.53. The van der Waals surface area contributed by atoms with Crippen LogP contribution in [0, 0.1) is 0 Å². The fourth-order valence-corrected chi connectivity index (χ4v) is 7.59. The molecular weight excluding hydrogens is 691 g/mol. The number of nitrogens with zero attached hydrogens (tertiary/aromatic N) is 3. The summed E-state index contributed by atoms with van der Waals surface area (Å²) in [6, 6.07) is 29.3. The zero-order valence-corrected chi connectivity index (χ0v) is 30.5. The third kappa shape index (κ3) is 6.78. The van der Waals surface area contributed by atoms with Crippen LogP contribution in [-0.2, 0) is 20.8 Å². The monoisotopic (exact) mass is 727 g/mol. The Labute approximate surface area is 309 Å². The summed E-state index contributed by atoms with van der Waals surface area (Å²) in [5.41, 5.74) is 5.07. The number of carbonyl (C=O) groups is 2. The Morgan fingerprint density at radius 3 is 2.25 bits per heavy atom. The first kappa shape index (κ1) is 35.2. The van der Waals surface area contributed by atoms with Crippen LogP contribution in [-0.4, -0.2) is 48.5 Å². The second-order valence-electron chi connectivity index (χ2n) is 12.2. The highest BCUT2D eigenvalue weighted by atomic mass is 32.1. The maximum atomic E-state index is 14.6. The maximum Gasteiger partial charge on any atom is 0.338 e. The van der Waals surface area contributed by atoms with Gasteiger partial charge in [-0.1, -0.05) is 78.1 Å². The molecule has 0 unspecified atom stereocenters. The van der Waals surface area contributed by atoms with Crippen LogP contribution in [0.15, 0.2) is 119 Å². The van der Waals surface area contributed by atoms with E-state index in [1.165, 1.54) is 11.3 Å². The van der Waals surface area contributed by atoms with Gasteiger partial charge < -0.3 is 23.5 Å². The van der Waals surface area contributed by atoms with Gasteiger partial charge in [-0.15, -0.1) is 0 Å². The first-order chi connectivity index (χ1) is 25.8. The summed E-state index contributed by atoms with van der Waals surface area (Å²) in [5, 5.41) is 0.968. The largest absolute Gasteiger partial charge is 0.493 e. The molecule has 1 atom stereocenters. The molecular formula is C42H37N3O7S. The second-order valence-corrected chi connectivity index (χ2v) is 13.2. The first-order valence-electron chi connectivity index (χ1n) is 17.2. The molecule has 11 heteroatoms. The Kier molecular flexibility index (Phi) is 10.1. The van der Waals surface area contributed by atoms with Crippen LogP contribution in [0.3, 0.4) is 0 Å². The predicted octanol–water partition coefficient (Wildman–Crippen LogP) is 6.13. The number of fused-ring (bicyclic) bond motifs is 2. The van der Waals surface area contributed by atoms with Gasteiger partial charge in [0.05, 0.1) is 54.8 Å². The summed E-state index contributed by atoms with van der Waals surface area (Å²) < 4.78 is 26.0.